The molecule has 2 aromatic rings. The molecule has 0 bridgehead atoms. The maximum absolute atomic E-state index is 12.1. The van der Waals surface area contributed by atoms with Gasteiger partial charge in [0.15, 0.2) is 11.5 Å². The lowest BCUT2D eigenvalue weighted by atomic mass is 10.1. The quantitative estimate of drug-likeness (QED) is 0.743. The highest BCUT2D eigenvalue weighted by molar-refractivity contribution is 5.92. The fourth-order valence-corrected chi connectivity index (χ4v) is 2.52. The molecule has 0 aromatic heterocycles. The molecule has 0 aliphatic heterocycles. The third-order valence-electron chi connectivity index (χ3n) is 3.93. The van der Waals surface area contributed by atoms with E-state index in [1.54, 1.807) is 26.4 Å². The van der Waals surface area contributed by atoms with Crippen molar-refractivity contribution in [2.45, 2.75) is 25.8 Å². The molecule has 0 saturated heterocycles. The second kappa shape index (κ2) is 9.52. The van der Waals surface area contributed by atoms with Crippen LogP contribution >= 0.6 is 0 Å². The zero-order valence-electron chi connectivity index (χ0n) is 15.0. The van der Waals surface area contributed by atoms with E-state index in [1.165, 1.54) is 5.56 Å². The number of rotatable bonds is 8. The predicted molar refractivity (Wildman–Crippen MR) is 101 cm³/mol. The van der Waals surface area contributed by atoms with E-state index in [4.69, 9.17) is 9.47 Å². The Hall–Kier alpha value is -2.75. The van der Waals surface area contributed by atoms with Gasteiger partial charge < -0.3 is 14.8 Å². The van der Waals surface area contributed by atoms with E-state index >= 15 is 0 Å². The number of hydrogen-bond acceptors (Lipinski definition) is 3. The molecule has 0 spiro atoms. The number of aryl methyl sites for hydroxylation is 1. The van der Waals surface area contributed by atoms with E-state index in [1.807, 2.05) is 43.3 Å². The molecule has 1 atom stereocenters. The maximum Gasteiger partial charge on any atom is 0.244 e. The molecule has 0 fully saturated rings. The highest BCUT2D eigenvalue weighted by Gasteiger charge is 2.06. The number of amides is 1. The first-order valence-electron chi connectivity index (χ1n) is 8.37. The summed E-state index contributed by atoms with van der Waals surface area (Å²) in [4.78, 5) is 12.1. The van der Waals surface area contributed by atoms with Gasteiger partial charge in [-0.15, -0.1) is 0 Å². The van der Waals surface area contributed by atoms with Crippen LogP contribution in [0.15, 0.2) is 54.6 Å². The standard InChI is InChI=1S/C21H25NO3/c1-16(9-10-17-7-5-4-6-8-17)22-21(23)14-12-18-11-13-19(24-2)20(15-18)25-3/h4-8,11-16H,9-10H2,1-3H3,(H,22,23)/t16-/m0/s1. The number of benzene rings is 2. The van der Waals surface area contributed by atoms with Crippen molar-refractivity contribution in [2.24, 2.45) is 0 Å². The number of carbonyl (C=O) groups excluding carboxylic acids is 1. The summed E-state index contributed by atoms with van der Waals surface area (Å²) < 4.78 is 10.5. The Bertz CT molecular complexity index is 710. The summed E-state index contributed by atoms with van der Waals surface area (Å²) >= 11 is 0. The topological polar surface area (TPSA) is 47.6 Å². The summed E-state index contributed by atoms with van der Waals surface area (Å²) in [5.74, 6) is 1.20. The lowest BCUT2D eigenvalue weighted by Crippen LogP contribution is -2.31. The minimum atomic E-state index is -0.102. The molecular formula is C21H25NO3. The van der Waals surface area contributed by atoms with E-state index in [9.17, 15) is 4.79 Å². The van der Waals surface area contributed by atoms with Crippen molar-refractivity contribution < 1.29 is 14.3 Å². The number of ether oxygens (including phenoxy) is 2. The SMILES string of the molecule is COc1ccc(C=CC(=O)N[C@@H](C)CCc2ccccc2)cc1OC. The van der Waals surface area contributed by atoms with Crippen LogP contribution in [0.2, 0.25) is 0 Å². The summed E-state index contributed by atoms with van der Waals surface area (Å²) in [6.45, 7) is 2.02. The van der Waals surface area contributed by atoms with Gasteiger partial charge in [-0.2, -0.15) is 0 Å². The average molecular weight is 339 g/mol. The highest BCUT2D eigenvalue weighted by atomic mass is 16.5. The molecule has 2 aromatic carbocycles. The van der Waals surface area contributed by atoms with Gasteiger partial charge in [-0.1, -0.05) is 36.4 Å². The van der Waals surface area contributed by atoms with Crippen LogP contribution in [0.25, 0.3) is 6.08 Å². The highest BCUT2D eigenvalue weighted by Crippen LogP contribution is 2.27. The van der Waals surface area contributed by atoms with E-state index < -0.39 is 0 Å². The van der Waals surface area contributed by atoms with Crippen molar-refractivity contribution in [1.29, 1.82) is 0 Å². The van der Waals surface area contributed by atoms with Crippen molar-refractivity contribution in [1.82, 2.24) is 5.32 Å². The van der Waals surface area contributed by atoms with Gasteiger partial charge in [0.1, 0.15) is 0 Å². The molecule has 4 heteroatoms. The van der Waals surface area contributed by atoms with Gasteiger partial charge in [-0.3, -0.25) is 4.79 Å². The Morgan fingerprint density at radius 2 is 1.80 bits per heavy atom. The molecule has 4 nitrogen and oxygen atoms in total. The van der Waals surface area contributed by atoms with E-state index in [0.717, 1.165) is 18.4 Å². The monoisotopic (exact) mass is 339 g/mol. The van der Waals surface area contributed by atoms with Crippen LogP contribution in [0, 0.1) is 0 Å². The number of hydrogen-bond donors (Lipinski definition) is 1. The fourth-order valence-electron chi connectivity index (χ4n) is 2.52. The number of nitrogens with one attached hydrogen (secondary N) is 1. The molecule has 0 aliphatic rings. The van der Waals surface area contributed by atoms with Gasteiger partial charge in [0.25, 0.3) is 0 Å². The summed E-state index contributed by atoms with van der Waals surface area (Å²) in [5.41, 5.74) is 2.16. The van der Waals surface area contributed by atoms with Gasteiger partial charge in [0.05, 0.1) is 14.2 Å². The summed E-state index contributed by atoms with van der Waals surface area (Å²) in [7, 11) is 3.18. The van der Waals surface area contributed by atoms with Crippen LogP contribution in [0.5, 0.6) is 11.5 Å². The van der Waals surface area contributed by atoms with Crippen LogP contribution in [0.3, 0.4) is 0 Å². The van der Waals surface area contributed by atoms with Crippen molar-refractivity contribution >= 4 is 12.0 Å². The molecule has 0 heterocycles. The third-order valence-corrected chi connectivity index (χ3v) is 3.93. The fraction of sp³-hybridized carbons (Fsp3) is 0.286. The molecule has 25 heavy (non-hydrogen) atoms. The van der Waals surface area contributed by atoms with Gasteiger partial charge >= 0.3 is 0 Å². The molecule has 0 unspecified atom stereocenters. The summed E-state index contributed by atoms with van der Waals surface area (Å²) in [6.07, 6.45) is 5.16. The van der Waals surface area contributed by atoms with Crippen LogP contribution in [-0.2, 0) is 11.2 Å². The molecule has 0 radical (unpaired) electrons. The van der Waals surface area contributed by atoms with Crippen LogP contribution in [-0.4, -0.2) is 26.2 Å². The molecule has 132 valence electrons. The summed E-state index contributed by atoms with van der Waals surface area (Å²) in [5, 5.41) is 2.99. The van der Waals surface area contributed by atoms with Gasteiger partial charge in [-0.05, 0) is 49.1 Å². The molecule has 2 rings (SSSR count). The van der Waals surface area contributed by atoms with Gasteiger partial charge in [0.2, 0.25) is 5.91 Å². The lowest BCUT2D eigenvalue weighted by molar-refractivity contribution is -0.117. The van der Waals surface area contributed by atoms with Gasteiger partial charge in [-0.25, -0.2) is 0 Å². The minimum absolute atomic E-state index is 0.102. The van der Waals surface area contributed by atoms with Crippen molar-refractivity contribution in [3.63, 3.8) is 0 Å². The first kappa shape index (κ1) is 18.6. The molecular weight excluding hydrogens is 314 g/mol. The molecule has 0 saturated carbocycles. The smallest absolute Gasteiger partial charge is 0.244 e. The number of carbonyl (C=O) groups is 1. The Balaban J connectivity index is 1.85. The second-order valence-electron chi connectivity index (χ2n) is 5.88. The van der Waals surface area contributed by atoms with E-state index in [0.29, 0.717) is 11.5 Å². The van der Waals surface area contributed by atoms with Crippen LogP contribution in [0.4, 0.5) is 0 Å². The van der Waals surface area contributed by atoms with Gasteiger partial charge in [0, 0.05) is 12.1 Å². The first-order valence-corrected chi connectivity index (χ1v) is 8.37. The van der Waals surface area contributed by atoms with Crippen molar-refractivity contribution in [2.75, 3.05) is 14.2 Å². The Kier molecular flexibility index (Phi) is 7.08. The third kappa shape index (κ3) is 5.99. The average Bonchev–Trinajstić information content (AvgIpc) is 2.65. The molecule has 1 N–H and O–H groups in total. The largest absolute Gasteiger partial charge is 0.493 e. The van der Waals surface area contributed by atoms with Crippen molar-refractivity contribution in [3.05, 3.63) is 65.7 Å². The zero-order valence-corrected chi connectivity index (χ0v) is 15.0. The zero-order chi connectivity index (χ0) is 18.1. The van der Waals surface area contributed by atoms with Crippen LogP contribution < -0.4 is 14.8 Å². The minimum Gasteiger partial charge on any atom is -0.493 e. The van der Waals surface area contributed by atoms with E-state index in [-0.39, 0.29) is 11.9 Å². The van der Waals surface area contributed by atoms with Crippen LogP contribution in [0.1, 0.15) is 24.5 Å². The Labute approximate surface area is 149 Å². The predicted octanol–water partition coefficient (Wildman–Crippen LogP) is 3.85. The second-order valence-corrected chi connectivity index (χ2v) is 5.88. The molecule has 1 amide bonds. The Morgan fingerprint density at radius 3 is 2.48 bits per heavy atom. The lowest BCUT2D eigenvalue weighted by Gasteiger charge is -2.12. The first-order chi connectivity index (χ1) is 12.1. The number of methoxy groups -OCH3 is 2. The Morgan fingerprint density at radius 1 is 1.08 bits per heavy atom. The molecule has 0 aliphatic carbocycles. The normalized spacial score (nSPS) is 12.0. The van der Waals surface area contributed by atoms with E-state index in [2.05, 4.69) is 17.4 Å². The van der Waals surface area contributed by atoms with Crippen molar-refractivity contribution in [3.8, 4) is 11.5 Å². The summed E-state index contributed by atoms with van der Waals surface area (Å²) in [6, 6.07) is 15.9. The maximum atomic E-state index is 12.1.